The maximum absolute atomic E-state index is 6.32. The Balaban J connectivity index is 1.49. The van der Waals surface area contributed by atoms with E-state index >= 15 is 0 Å². The average molecular weight is 387 g/mol. The highest BCUT2D eigenvalue weighted by atomic mass is 35.5. The molecule has 0 spiro atoms. The van der Waals surface area contributed by atoms with Crippen LogP contribution in [0.4, 0.5) is 11.8 Å². The summed E-state index contributed by atoms with van der Waals surface area (Å²) in [4.78, 5) is 13.3. The topological polar surface area (TPSA) is 70.3 Å². The molecule has 0 aromatic carbocycles. The van der Waals surface area contributed by atoms with Crippen LogP contribution in [0.25, 0.3) is 0 Å². The van der Waals surface area contributed by atoms with Gasteiger partial charge in [0, 0.05) is 39.3 Å². The van der Waals surface area contributed by atoms with Crippen molar-refractivity contribution in [3.05, 3.63) is 10.2 Å². The summed E-state index contributed by atoms with van der Waals surface area (Å²) in [6.07, 6.45) is 6.26. The molecule has 140 valence electrons. The number of nitrogens with zero attached hydrogens (tertiary/aromatic N) is 4. The van der Waals surface area contributed by atoms with E-state index in [2.05, 4.69) is 25.1 Å². The van der Waals surface area contributed by atoms with Gasteiger partial charge in [0.25, 0.3) is 0 Å². The molecule has 2 aliphatic rings. The fourth-order valence-corrected chi connectivity index (χ4v) is 4.12. The van der Waals surface area contributed by atoms with Crippen molar-refractivity contribution < 1.29 is 0 Å². The van der Waals surface area contributed by atoms with Crippen LogP contribution in [0.15, 0.2) is 0 Å². The van der Waals surface area contributed by atoms with E-state index in [4.69, 9.17) is 28.9 Å². The quantitative estimate of drug-likeness (QED) is 0.758. The van der Waals surface area contributed by atoms with E-state index in [9.17, 15) is 0 Å². The Morgan fingerprint density at radius 2 is 1.76 bits per heavy atom. The molecule has 0 bridgehead atoms. The van der Waals surface area contributed by atoms with E-state index in [1.54, 1.807) is 7.05 Å². The molecule has 3 N–H and O–H groups in total. The number of piperazine rings is 1. The van der Waals surface area contributed by atoms with Gasteiger partial charge in [-0.2, -0.15) is 9.97 Å². The second-order valence-electron chi connectivity index (χ2n) is 7.12. The molecule has 1 saturated carbocycles. The summed E-state index contributed by atoms with van der Waals surface area (Å²) in [5, 5.41) is 3.67. The molecule has 6 nitrogen and oxygen atoms in total. The van der Waals surface area contributed by atoms with Crippen LogP contribution in [0, 0.1) is 5.92 Å². The Labute approximate surface area is 160 Å². The molecule has 2 fully saturated rings. The summed E-state index contributed by atoms with van der Waals surface area (Å²) in [5.41, 5.74) is 6.00. The Morgan fingerprint density at radius 1 is 1.08 bits per heavy atom. The number of nitrogens with two attached hydrogens (primary N) is 1. The standard InChI is InChI=1S/C17H28Cl2N6/c1-21-17-22-15(19)14(18)16(23-17)25-10-8-24(9-11-25)7-6-12-2-4-13(20)5-3-12/h12-13H,2-11,20H2,1H3,(H,21,22,23)/t12-,13-. The first-order valence-corrected chi connectivity index (χ1v) is 9.96. The van der Waals surface area contributed by atoms with Gasteiger partial charge in [-0.15, -0.1) is 0 Å². The van der Waals surface area contributed by atoms with E-state index in [1.165, 1.54) is 38.6 Å². The highest BCUT2D eigenvalue weighted by Gasteiger charge is 2.24. The first-order chi connectivity index (χ1) is 12.1. The Hall–Kier alpha value is -0.820. The average Bonchev–Trinajstić information content (AvgIpc) is 2.64. The molecule has 3 rings (SSSR count). The van der Waals surface area contributed by atoms with Crippen LogP contribution in [-0.4, -0.2) is 60.7 Å². The number of hydrogen-bond acceptors (Lipinski definition) is 6. The largest absolute Gasteiger partial charge is 0.357 e. The molecule has 2 heterocycles. The van der Waals surface area contributed by atoms with Gasteiger partial charge in [0.15, 0.2) is 11.0 Å². The molecule has 25 heavy (non-hydrogen) atoms. The maximum Gasteiger partial charge on any atom is 0.225 e. The third-order valence-corrected chi connectivity index (χ3v) is 6.15. The van der Waals surface area contributed by atoms with Gasteiger partial charge in [-0.25, -0.2) is 0 Å². The Bertz CT molecular complexity index is 569. The fraction of sp³-hybridized carbons (Fsp3) is 0.765. The molecule has 0 unspecified atom stereocenters. The number of nitrogens with one attached hydrogen (secondary N) is 1. The van der Waals surface area contributed by atoms with E-state index in [1.807, 2.05) is 0 Å². The molecule has 1 saturated heterocycles. The SMILES string of the molecule is CNc1nc(Cl)c(Cl)c(N2CCN(CC[C@H]3CC[C@H](N)CC3)CC2)n1. The van der Waals surface area contributed by atoms with Crippen molar-refractivity contribution in [1.82, 2.24) is 14.9 Å². The van der Waals surface area contributed by atoms with Crippen molar-refractivity contribution in [2.24, 2.45) is 11.7 Å². The highest BCUT2D eigenvalue weighted by Crippen LogP contribution is 2.31. The van der Waals surface area contributed by atoms with Gasteiger partial charge in [-0.3, -0.25) is 4.90 Å². The lowest BCUT2D eigenvalue weighted by molar-refractivity contribution is 0.216. The van der Waals surface area contributed by atoms with Gasteiger partial charge >= 0.3 is 0 Å². The third kappa shape index (κ3) is 4.88. The zero-order valence-corrected chi connectivity index (χ0v) is 16.4. The van der Waals surface area contributed by atoms with Crippen LogP contribution in [0.2, 0.25) is 10.2 Å². The van der Waals surface area contributed by atoms with Crippen LogP contribution in [0.1, 0.15) is 32.1 Å². The molecule has 1 aromatic rings. The lowest BCUT2D eigenvalue weighted by atomic mass is 9.84. The number of hydrogen-bond donors (Lipinski definition) is 2. The molecule has 0 atom stereocenters. The predicted molar refractivity (Wildman–Crippen MR) is 105 cm³/mol. The Morgan fingerprint density at radius 3 is 2.40 bits per heavy atom. The van der Waals surface area contributed by atoms with E-state index in [0.29, 0.717) is 22.2 Å². The smallest absolute Gasteiger partial charge is 0.225 e. The van der Waals surface area contributed by atoms with Crippen LogP contribution >= 0.6 is 23.2 Å². The lowest BCUT2D eigenvalue weighted by Crippen LogP contribution is -2.47. The molecular formula is C17H28Cl2N6. The van der Waals surface area contributed by atoms with E-state index < -0.39 is 0 Å². The second-order valence-corrected chi connectivity index (χ2v) is 7.86. The predicted octanol–water partition coefficient (Wildman–Crippen LogP) is 2.85. The minimum Gasteiger partial charge on any atom is -0.357 e. The highest BCUT2D eigenvalue weighted by molar-refractivity contribution is 6.42. The Kier molecular flexibility index (Phi) is 6.61. The van der Waals surface area contributed by atoms with Crippen molar-refractivity contribution in [2.45, 2.75) is 38.1 Å². The summed E-state index contributed by atoms with van der Waals surface area (Å²) in [6.45, 7) is 5.05. The lowest BCUT2D eigenvalue weighted by Gasteiger charge is -2.37. The number of anilines is 2. The van der Waals surface area contributed by atoms with Crippen molar-refractivity contribution in [2.75, 3.05) is 50.0 Å². The monoisotopic (exact) mass is 386 g/mol. The summed E-state index contributed by atoms with van der Waals surface area (Å²) < 4.78 is 0. The normalized spacial score (nSPS) is 25.2. The zero-order chi connectivity index (χ0) is 17.8. The van der Waals surface area contributed by atoms with Crippen molar-refractivity contribution in [3.63, 3.8) is 0 Å². The van der Waals surface area contributed by atoms with Gasteiger partial charge in [-0.05, 0) is 44.6 Å². The fourth-order valence-electron chi connectivity index (χ4n) is 3.76. The third-order valence-electron chi connectivity index (χ3n) is 5.43. The van der Waals surface area contributed by atoms with Crippen molar-refractivity contribution >= 4 is 35.0 Å². The second kappa shape index (κ2) is 8.71. The number of halogens is 2. The molecule has 0 radical (unpaired) electrons. The maximum atomic E-state index is 6.32. The molecule has 1 aliphatic heterocycles. The molecule has 1 aromatic heterocycles. The first-order valence-electron chi connectivity index (χ1n) is 9.20. The molecule has 8 heteroatoms. The first kappa shape index (κ1) is 19.0. The minimum absolute atomic E-state index is 0.300. The van der Waals surface area contributed by atoms with Gasteiger partial charge in [0.05, 0.1) is 0 Å². The van der Waals surface area contributed by atoms with Crippen LogP contribution in [0.5, 0.6) is 0 Å². The van der Waals surface area contributed by atoms with Gasteiger partial charge < -0.3 is 16.0 Å². The van der Waals surface area contributed by atoms with Gasteiger partial charge in [0.2, 0.25) is 5.95 Å². The van der Waals surface area contributed by atoms with E-state index in [0.717, 1.165) is 37.9 Å². The van der Waals surface area contributed by atoms with Crippen LogP contribution in [0.3, 0.4) is 0 Å². The molecular weight excluding hydrogens is 359 g/mol. The summed E-state index contributed by atoms with van der Waals surface area (Å²) in [5.74, 6) is 2.08. The minimum atomic E-state index is 0.300. The zero-order valence-electron chi connectivity index (χ0n) is 14.8. The van der Waals surface area contributed by atoms with Gasteiger partial charge in [-0.1, -0.05) is 23.2 Å². The summed E-state index contributed by atoms with van der Waals surface area (Å²) >= 11 is 12.4. The van der Waals surface area contributed by atoms with Crippen molar-refractivity contribution in [1.29, 1.82) is 0 Å². The number of aromatic nitrogens is 2. The van der Waals surface area contributed by atoms with E-state index in [-0.39, 0.29) is 0 Å². The van der Waals surface area contributed by atoms with Gasteiger partial charge in [0.1, 0.15) is 5.02 Å². The molecule has 0 amide bonds. The van der Waals surface area contributed by atoms with Crippen LogP contribution in [-0.2, 0) is 0 Å². The summed E-state index contributed by atoms with van der Waals surface area (Å²) in [7, 11) is 1.78. The summed E-state index contributed by atoms with van der Waals surface area (Å²) in [6, 6.07) is 0.437. The number of rotatable bonds is 5. The molecule has 1 aliphatic carbocycles. The van der Waals surface area contributed by atoms with Crippen molar-refractivity contribution in [3.8, 4) is 0 Å². The van der Waals surface area contributed by atoms with Crippen LogP contribution < -0.4 is 16.0 Å².